The van der Waals surface area contributed by atoms with Crippen LogP contribution in [0.5, 0.6) is 5.75 Å². The van der Waals surface area contributed by atoms with Gasteiger partial charge >= 0.3 is 0 Å². The summed E-state index contributed by atoms with van der Waals surface area (Å²) in [5.41, 5.74) is 2.85. The molecule has 1 saturated heterocycles. The van der Waals surface area contributed by atoms with Crippen molar-refractivity contribution >= 4 is 0 Å². The van der Waals surface area contributed by atoms with E-state index in [2.05, 4.69) is 35.3 Å². The molecule has 2 heterocycles. The highest BCUT2D eigenvalue weighted by Crippen LogP contribution is 2.36. The second-order valence-corrected chi connectivity index (χ2v) is 5.51. The van der Waals surface area contributed by atoms with Crippen molar-refractivity contribution in [2.75, 3.05) is 26.2 Å². The van der Waals surface area contributed by atoms with E-state index < -0.39 is 0 Å². The highest BCUT2D eigenvalue weighted by Gasteiger charge is 2.29. The third kappa shape index (κ3) is 2.63. The Morgan fingerprint density at radius 2 is 2.11 bits per heavy atom. The van der Waals surface area contributed by atoms with E-state index in [1.165, 1.54) is 43.5 Å². The van der Waals surface area contributed by atoms with Gasteiger partial charge in [0.1, 0.15) is 5.75 Å². The quantitative estimate of drug-likeness (QED) is 0.904. The summed E-state index contributed by atoms with van der Waals surface area (Å²) in [5.74, 6) is 1.09. The molecule has 2 aliphatic rings. The summed E-state index contributed by atoms with van der Waals surface area (Å²) in [7, 11) is 0. The minimum absolute atomic E-state index is 0.492. The summed E-state index contributed by atoms with van der Waals surface area (Å²) in [4.78, 5) is 2.64. The fourth-order valence-electron chi connectivity index (χ4n) is 3.39. The third-order valence-electron chi connectivity index (χ3n) is 4.27. The van der Waals surface area contributed by atoms with Gasteiger partial charge in [0, 0.05) is 18.7 Å². The van der Waals surface area contributed by atoms with E-state index in [0.29, 0.717) is 6.04 Å². The number of nitrogens with one attached hydrogen (secondary N) is 1. The summed E-state index contributed by atoms with van der Waals surface area (Å²) in [5, 5.41) is 3.56. The van der Waals surface area contributed by atoms with Gasteiger partial charge in [-0.05, 0) is 44.5 Å². The molecule has 0 spiro atoms. The second kappa shape index (κ2) is 5.93. The minimum Gasteiger partial charge on any atom is -0.494 e. The van der Waals surface area contributed by atoms with E-state index in [0.717, 1.165) is 25.4 Å². The van der Waals surface area contributed by atoms with Crippen molar-refractivity contribution < 1.29 is 4.74 Å². The third-order valence-corrected chi connectivity index (χ3v) is 4.27. The van der Waals surface area contributed by atoms with Crippen molar-refractivity contribution in [2.24, 2.45) is 0 Å². The van der Waals surface area contributed by atoms with Gasteiger partial charge in [0.2, 0.25) is 0 Å². The molecule has 0 radical (unpaired) electrons. The zero-order valence-electron chi connectivity index (χ0n) is 11.8. The normalized spacial score (nSPS) is 23.9. The standard InChI is InChI=1S/C16H24N2O/c1-2-19-15-8-6-7-13-11-17-12-14(16(13)15)18-9-4-3-5-10-18/h6-8,14,17H,2-5,9-12H2,1H3/t14-/m0/s1. The fraction of sp³-hybridized carbons (Fsp3) is 0.625. The van der Waals surface area contributed by atoms with Crippen LogP contribution in [0, 0.1) is 0 Å². The SMILES string of the molecule is CCOc1cccc2c1[C@@H](N1CCCCC1)CNC2. The average Bonchev–Trinajstić information content (AvgIpc) is 2.48. The van der Waals surface area contributed by atoms with Crippen LogP contribution >= 0.6 is 0 Å². The summed E-state index contributed by atoms with van der Waals surface area (Å²) >= 11 is 0. The molecule has 3 nitrogen and oxygen atoms in total. The van der Waals surface area contributed by atoms with Crippen LogP contribution in [0.3, 0.4) is 0 Å². The summed E-state index contributed by atoms with van der Waals surface area (Å²) in [6.45, 7) is 7.29. The number of likely N-dealkylation sites (tertiary alicyclic amines) is 1. The number of hydrogen-bond acceptors (Lipinski definition) is 3. The first-order valence-electron chi connectivity index (χ1n) is 7.59. The molecule has 0 aromatic heterocycles. The van der Waals surface area contributed by atoms with Gasteiger partial charge in [-0.2, -0.15) is 0 Å². The number of rotatable bonds is 3. The first-order valence-corrected chi connectivity index (χ1v) is 7.59. The Morgan fingerprint density at radius 3 is 2.89 bits per heavy atom. The van der Waals surface area contributed by atoms with Crippen molar-refractivity contribution in [1.82, 2.24) is 10.2 Å². The zero-order valence-corrected chi connectivity index (χ0v) is 11.8. The molecule has 1 atom stereocenters. The van der Waals surface area contributed by atoms with Gasteiger partial charge in [0.05, 0.1) is 12.6 Å². The van der Waals surface area contributed by atoms with Crippen molar-refractivity contribution in [3.8, 4) is 5.75 Å². The number of hydrogen-bond donors (Lipinski definition) is 1. The Hall–Kier alpha value is -1.06. The Labute approximate surface area is 115 Å². The number of ether oxygens (including phenoxy) is 1. The van der Waals surface area contributed by atoms with Crippen LogP contribution in [0.2, 0.25) is 0 Å². The summed E-state index contributed by atoms with van der Waals surface area (Å²) in [6, 6.07) is 6.97. The smallest absolute Gasteiger partial charge is 0.124 e. The molecule has 2 aliphatic heterocycles. The number of piperidine rings is 1. The maximum Gasteiger partial charge on any atom is 0.124 e. The Kier molecular flexibility index (Phi) is 4.04. The highest BCUT2D eigenvalue weighted by molar-refractivity contribution is 5.44. The van der Waals surface area contributed by atoms with E-state index in [1.54, 1.807) is 0 Å². The number of benzene rings is 1. The highest BCUT2D eigenvalue weighted by atomic mass is 16.5. The summed E-state index contributed by atoms with van der Waals surface area (Å²) < 4.78 is 5.87. The van der Waals surface area contributed by atoms with Crippen LogP contribution < -0.4 is 10.1 Å². The van der Waals surface area contributed by atoms with Crippen molar-refractivity contribution in [3.05, 3.63) is 29.3 Å². The van der Waals surface area contributed by atoms with Crippen LogP contribution in [-0.2, 0) is 6.54 Å². The summed E-state index contributed by atoms with van der Waals surface area (Å²) in [6.07, 6.45) is 4.06. The molecule has 3 heteroatoms. The first kappa shape index (κ1) is 12.9. The Bertz CT molecular complexity index is 427. The van der Waals surface area contributed by atoms with E-state index in [9.17, 15) is 0 Å². The van der Waals surface area contributed by atoms with Crippen LogP contribution in [0.25, 0.3) is 0 Å². The Balaban J connectivity index is 1.92. The lowest BCUT2D eigenvalue weighted by Gasteiger charge is -2.39. The lowest BCUT2D eigenvalue weighted by molar-refractivity contribution is 0.150. The lowest BCUT2D eigenvalue weighted by atomic mass is 9.93. The molecule has 19 heavy (non-hydrogen) atoms. The second-order valence-electron chi connectivity index (χ2n) is 5.51. The van der Waals surface area contributed by atoms with E-state index >= 15 is 0 Å². The molecule has 0 unspecified atom stereocenters. The van der Waals surface area contributed by atoms with Crippen molar-refractivity contribution in [1.29, 1.82) is 0 Å². The van der Waals surface area contributed by atoms with E-state index in [1.807, 2.05) is 0 Å². The molecular weight excluding hydrogens is 236 g/mol. The minimum atomic E-state index is 0.492. The largest absolute Gasteiger partial charge is 0.494 e. The van der Waals surface area contributed by atoms with Gasteiger partial charge in [0.25, 0.3) is 0 Å². The van der Waals surface area contributed by atoms with Gasteiger partial charge in [0.15, 0.2) is 0 Å². The molecule has 1 N–H and O–H groups in total. The monoisotopic (exact) mass is 260 g/mol. The zero-order chi connectivity index (χ0) is 13.1. The molecule has 1 fully saturated rings. The van der Waals surface area contributed by atoms with Crippen LogP contribution in [0.1, 0.15) is 43.4 Å². The van der Waals surface area contributed by atoms with Crippen LogP contribution in [0.15, 0.2) is 18.2 Å². The number of fused-ring (bicyclic) bond motifs is 1. The topological polar surface area (TPSA) is 24.5 Å². The van der Waals surface area contributed by atoms with Gasteiger partial charge in [-0.15, -0.1) is 0 Å². The Morgan fingerprint density at radius 1 is 1.26 bits per heavy atom. The predicted octanol–water partition coefficient (Wildman–Crippen LogP) is 2.72. The van der Waals surface area contributed by atoms with Gasteiger partial charge < -0.3 is 10.1 Å². The van der Waals surface area contributed by atoms with E-state index in [-0.39, 0.29) is 0 Å². The maximum absolute atomic E-state index is 5.87. The molecule has 104 valence electrons. The number of nitrogens with zero attached hydrogens (tertiary/aromatic N) is 1. The molecule has 0 aliphatic carbocycles. The molecular formula is C16H24N2O. The van der Waals surface area contributed by atoms with E-state index in [4.69, 9.17) is 4.74 Å². The van der Waals surface area contributed by atoms with Gasteiger partial charge in [-0.3, -0.25) is 4.90 Å². The van der Waals surface area contributed by atoms with Crippen molar-refractivity contribution in [3.63, 3.8) is 0 Å². The van der Waals surface area contributed by atoms with Crippen LogP contribution in [0.4, 0.5) is 0 Å². The molecule has 0 bridgehead atoms. The molecule has 1 aromatic rings. The average molecular weight is 260 g/mol. The van der Waals surface area contributed by atoms with Crippen LogP contribution in [-0.4, -0.2) is 31.1 Å². The lowest BCUT2D eigenvalue weighted by Crippen LogP contribution is -2.42. The molecule has 0 saturated carbocycles. The first-order chi connectivity index (χ1) is 9.40. The fourth-order valence-corrected chi connectivity index (χ4v) is 3.39. The molecule has 0 amide bonds. The van der Waals surface area contributed by atoms with Crippen molar-refractivity contribution in [2.45, 2.75) is 38.8 Å². The van der Waals surface area contributed by atoms with Gasteiger partial charge in [-0.1, -0.05) is 18.6 Å². The molecule has 1 aromatic carbocycles. The van der Waals surface area contributed by atoms with Gasteiger partial charge in [-0.25, -0.2) is 0 Å². The predicted molar refractivity (Wildman–Crippen MR) is 77.5 cm³/mol. The molecule has 3 rings (SSSR count). The maximum atomic E-state index is 5.87.